The van der Waals surface area contributed by atoms with Crippen LogP contribution in [0.4, 0.5) is 5.69 Å². The zero-order valence-corrected chi connectivity index (χ0v) is 12.1. The summed E-state index contributed by atoms with van der Waals surface area (Å²) < 4.78 is 1.02. The van der Waals surface area contributed by atoms with Crippen LogP contribution in [0.1, 0.15) is 28.9 Å². The van der Waals surface area contributed by atoms with Crippen molar-refractivity contribution in [3.63, 3.8) is 0 Å². The van der Waals surface area contributed by atoms with E-state index in [4.69, 9.17) is 5.73 Å². The van der Waals surface area contributed by atoms with Crippen LogP contribution in [0.2, 0.25) is 0 Å². The Morgan fingerprint density at radius 1 is 1.16 bits per heavy atom. The highest BCUT2D eigenvalue weighted by molar-refractivity contribution is 9.10. The molecule has 98 valence electrons. The number of rotatable bonds is 3. The Morgan fingerprint density at radius 3 is 2.42 bits per heavy atom. The predicted octanol–water partition coefficient (Wildman–Crippen LogP) is 3.52. The molecular weight excluding hydrogens is 304 g/mol. The number of nitrogens with one attached hydrogen (secondary N) is 1. The number of para-hydroxylation sites is 1. The molecule has 0 heterocycles. The fourth-order valence-corrected chi connectivity index (χ4v) is 2.08. The zero-order chi connectivity index (χ0) is 13.8. The fourth-order valence-electron chi connectivity index (χ4n) is 1.81. The highest BCUT2D eigenvalue weighted by atomic mass is 79.9. The van der Waals surface area contributed by atoms with E-state index in [1.807, 2.05) is 37.3 Å². The minimum Gasteiger partial charge on any atom is -0.398 e. The number of anilines is 1. The Balaban J connectivity index is 2.11. The van der Waals surface area contributed by atoms with Crippen LogP contribution in [0.15, 0.2) is 53.0 Å². The van der Waals surface area contributed by atoms with Crippen LogP contribution >= 0.6 is 15.9 Å². The Hall–Kier alpha value is -1.81. The van der Waals surface area contributed by atoms with Crippen LogP contribution < -0.4 is 11.1 Å². The number of halogens is 1. The Labute approximate surface area is 121 Å². The van der Waals surface area contributed by atoms with Crippen molar-refractivity contribution in [2.75, 3.05) is 5.73 Å². The van der Waals surface area contributed by atoms with Gasteiger partial charge < -0.3 is 11.1 Å². The van der Waals surface area contributed by atoms with Gasteiger partial charge >= 0.3 is 0 Å². The number of nitrogens with two attached hydrogens (primary N) is 1. The molecule has 4 heteroatoms. The molecule has 2 rings (SSSR count). The second-order valence-electron chi connectivity index (χ2n) is 4.33. The molecule has 0 spiro atoms. The van der Waals surface area contributed by atoms with Gasteiger partial charge in [0.1, 0.15) is 0 Å². The maximum atomic E-state index is 12.1. The summed E-state index contributed by atoms with van der Waals surface area (Å²) in [6, 6.07) is 14.8. The normalized spacial score (nSPS) is 11.9. The van der Waals surface area contributed by atoms with Gasteiger partial charge in [-0.05, 0) is 36.8 Å². The molecule has 2 aromatic carbocycles. The van der Waals surface area contributed by atoms with Crippen LogP contribution in [0.25, 0.3) is 0 Å². The molecule has 0 aromatic heterocycles. The first-order chi connectivity index (χ1) is 9.08. The van der Waals surface area contributed by atoms with Crippen LogP contribution in [0.5, 0.6) is 0 Å². The predicted molar refractivity (Wildman–Crippen MR) is 80.9 cm³/mol. The molecule has 0 saturated heterocycles. The summed E-state index contributed by atoms with van der Waals surface area (Å²) >= 11 is 3.39. The van der Waals surface area contributed by atoms with Crippen molar-refractivity contribution in [2.24, 2.45) is 0 Å². The van der Waals surface area contributed by atoms with Gasteiger partial charge in [-0.1, -0.05) is 40.2 Å². The first kappa shape index (κ1) is 13.6. The number of carbonyl (C=O) groups excluding carboxylic acids is 1. The van der Waals surface area contributed by atoms with Gasteiger partial charge in [0, 0.05) is 10.2 Å². The monoisotopic (exact) mass is 318 g/mol. The molecule has 1 atom stereocenters. The molecule has 0 saturated carbocycles. The number of hydrogen-bond donors (Lipinski definition) is 2. The van der Waals surface area contributed by atoms with Gasteiger partial charge in [0.05, 0.1) is 11.6 Å². The maximum absolute atomic E-state index is 12.1. The maximum Gasteiger partial charge on any atom is 0.253 e. The molecule has 1 amide bonds. The molecule has 2 aromatic rings. The van der Waals surface area contributed by atoms with E-state index in [0.29, 0.717) is 11.3 Å². The summed E-state index contributed by atoms with van der Waals surface area (Å²) in [7, 11) is 0. The zero-order valence-electron chi connectivity index (χ0n) is 10.6. The van der Waals surface area contributed by atoms with Crippen LogP contribution in [0, 0.1) is 0 Å². The Kier molecular flexibility index (Phi) is 4.22. The number of carbonyl (C=O) groups is 1. The third-order valence-electron chi connectivity index (χ3n) is 2.92. The number of amides is 1. The van der Waals surface area contributed by atoms with Crippen molar-refractivity contribution in [3.8, 4) is 0 Å². The molecule has 0 aliphatic heterocycles. The lowest BCUT2D eigenvalue weighted by Gasteiger charge is -2.15. The van der Waals surface area contributed by atoms with Crippen molar-refractivity contribution in [3.05, 3.63) is 64.1 Å². The van der Waals surface area contributed by atoms with Gasteiger partial charge in [-0.15, -0.1) is 0 Å². The molecule has 0 radical (unpaired) electrons. The van der Waals surface area contributed by atoms with Gasteiger partial charge in [0.2, 0.25) is 0 Å². The second kappa shape index (κ2) is 5.89. The summed E-state index contributed by atoms with van der Waals surface area (Å²) in [6.45, 7) is 1.94. The molecule has 0 fully saturated rings. The van der Waals surface area contributed by atoms with E-state index in [1.54, 1.807) is 18.2 Å². The lowest BCUT2D eigenvalue weighted by Crippen LogP contribution is -2.27. The molecule has 0 aliphatic carbocycles. The lowest BCUT2D eigenvalue weighted by atomic mass is 10.1. The van der Waals surface area contributed by atoms with Gasteiger partial charge in [-0.2, -0.15) is 0 Å². The molecule has 0 bridgehead atoms. The fraction of sp³-hybridized carbons (Fsp3) is 0.133. The first-order valence-electron chi connectivity index (χ1n) is 5.99. The third kappa shape index (κ3) is 3.35. The molecule has 0 unspecified atom stereocenters. The van der Waals surface area contributed by atoms with E-state index in [0.717, 1.165) is 10.0 Å². The smallest absolute Gasteiger partial charge is 0.253 e. The standard InChI is InChI=1S/C15H15BrN2O/c1-10(11-6-8-12(16)9-7-11)18-15(19)13-4-2-3-5-14(13)17/h2-10H,17H2,1H3,(H,18,19)/t10-/m0/s1. The summed E-state index contributed by atoms with van der Waals surface area (Å²) in [5.41, 5.74) is 7.83. The van der Waals surface area contributed by atoms with E-state index < -0.39 is 0 Å². The first-order valence-corrected chi connectivity index (χ1v) is 6.78. The number of benzene rings is 2. The van der Waals surface area contributed by atoms with E-state index >= 15 is 0 Å². The largest absolute Gasteiger partial charge is 0.398 e. The quantitative estimate of drug-likeness (QED) is 0.851. The van der Waals surface area contributed by atoms with Crippen molar-refractivity contribution in [2.45, 2.75) is 13.0 Å². The SMILES string of the molecule is C[C@H](NC(=O)c1ccccc1N)c1ccc(Br)cc1. The molecule has 19 heavy (non-hydrogen) atoms. The highest BCUT2D eigenvalue weighted by Crippen LogP contribution is 2.18. The van der Waals surface area contributed by atoms with Crippen LogP contribution in [-0.4, -0.2) is 5.91 Å². The summed E-state index contributed by atoms with van der Waals surface area (Å²) in [6.07, 6.45) is 0. The molecular formula is C15H15BrN2O. The van der Waals surface area contributed by atoms with Crippen molar-refractivity contribution < 1.29 is 4.79 Å². The molecule has 0 aliphatic rings. The van der Waals surface area contributed by atoms with Gasteiger partial charge in [0.15, 0.2) is 0 Å². The van der Waals surface area contributed by atoms with Crippen molar-refractivity contribution in [1.29, 1.82) is 0 Å². The molecule has 3 nitrogen and oxygen atoms in total. The summed E-state index contributed by atoms with van der Waals surface area (Å²) in [5.74, 6) is -0.159. The van der Waals surface area contributed by atoms with Crippen LogP contribution in [0.3, 0.4) is 0 Å². The van der Waals surface area contributed by atoms with E-state index in [2.05, 4.69) is 21.2 Å². The van der Waals surface area contributed by atoms with Gasteiger partial charge in [-0.25, -0.2) is 0 Å². The topological polar surface area (TPSA) is 55.1 Å². The second-order valence-corrected chi connectivity index (χ2v) is 5.25. The van der Waals surface area contributed by atoms with Gasteiger partial charge in [-0.3, -0.25) is 4.79 Å². The number of nitrogen functional groups attached to an aromatic ring is 1. The summed E-state index contributed by atoms with van der Waals surface area (Å²) in [5, 5.41) is 2.94. The van der Waals surface area contributed by atoms with E-state index in [9.17, 15) is 4.79 Å². The summed E-state index contributed by atoms with van der Waals surface area (Å²) in [4.78, 5) is 12.1. The number of hydrogen-bond acceptors (Lipinski definition) is 2. The van der Waals surface area contributed by atoms with Gasteiger partial charge in [0.25, 0.3) is 5.91 Å². The highest BCUT2D eigenvalue weighted by Gasteiger charge is 2.13. The minimum atomic E-state index is -0.159. The van der Waals surface area contributed by atoms with E-state index in [-0.39, 0.29) is 11.9 Å². The lowest BCUT2D eigenvalue weighted by molar-refractivity contribution is 0.0941. The van der Waals surface area contributed by atoms with E-state index in [1.165, 1.54) is 0 Å². The minimum absolute atomic E-state index is 0.0693. The Bertz CT molecular complexity index is 581. The third-order valence-corrected chi connectivity index (χ3v) is 3.45. The van der Waals surface area contributed by atoms with Crippen molar-refractivity contribution in [1.82, 2.24) is 5.32 Å². The average molecular weight is 319 g/mol. The average Bonchev–Trinajstić information content (AvgIpc) is 2.39. The van der Waals surface area contributed by atoms with Crippen molar-refractivity contribution >= 4 is 27.5 Å². The Morgan fingerprint density at radius 2 is 1.79 bits per heavy atom. The van der Waals surface area contributed by atoms with Crippen LogP contribution in [-0.2, 0) is 0 Å². The molecule has 3 N–H and O–H groups in total.